The van der Waals surface area contributed by atoms with Crippen LogP contribution >= 0.6 is 0 Å². The Morgan fingerprint density at radius 1 is 1.38 bits per heavy atom. The zero-order chi connectivity index (χ0) is 11.4. The normalized spacial score (nSPS) is 15.4. The van der Waals surface area contributed by atoms with E-state index in [4.69, 9.17) is 10.00 Å². The summed E-state index contributed by atoms with van der Waals surface area (Å²) in [5.41, 5.74) is 1.64. The number of nitriles is 1. The molecule has 0 radical (unpaired) electrons. The van der Waals surface area contributed by atoms with Crippen LogP contribution in [0.3, 0.4) is 0 Å². The third-order valence-electron chi connectivity index (χ3n) is 2.51. The van der Waals surface area contributed by atoms with Gasteiger partial charge in [-0.25, -0.2) is 4.79 Å². The highest BCUT2D eigenvalue weighted by Crippen LogP contribution is 2.11. The number of rotatable bonds is 2. The summed E-state index contributed by atoms with van der Waals surface area (Å²) in [7, 11) is 0. The van der Waals surface area contributed by atoms with Gasteiger partial charge in [-0.1, -0.05) is 12.1 Å². The van der Waals surface area contributed by atoms with Crippen LogP contribution in [-0.4, -0.2) is 24.1 Å². The number of carbonyl (C=O) groups is 1. The van der Waals surface area contributed by atoms with Crippen molar-refractivity contribution >= 4 is 6.09 Å². The van der Waals surface area contributed by atoms with Gasteiger partial charge in [0.25, 0.3) is 0 Å². The summed E-state index contributed by atoms with van der Waals surface area (Å²) in [5.74, 6) is 0. The van der Waals surface area contributed by atoms with E-state index in [2.05, 4.69) is 6.07 Å². The van der Waals surface area contributed by atoms with Crippen LogP contribution in [0.15, 0.2) is 24.3 Å². The number of cyclic esters (lactones) is 1. The highest BCUT2D eigenvalue weighted by Gasteiger charge is 2.19. The molecule has 0 aromatic heterocycles. The Morgan fingerprint density at radius 3 is 2.75 bits per heavy atom. The van der Waals surface area contributed by atoms with Crippen molar-refractivity contribution in [1.82, 2.24) is 4.90 Å². The summed E-state index contributed by atoms with van der Waals surface area (Å²) >= 11 is 0. The van der Waals surface area contributed by atoms with Crippen molar-refractivity contribution in [2.75, 3.05) is 13.2 Å². The number of hydrogen-bond acceptors (Lipinski definition) is 3. The lowest BCUT2D eigenvalue weighted by molar-refractivity contribution is 0.0700. The standard InChI is InChI=1S/C12H12N2O2/c13-8-10-2-4-11(5-3-10)9-14-6-1-7-16-12(14)15/h2-5H,1,6-7,9H2. The van der Waals surface area contributed by atoms with Gasteiger partial charge in [0.05, 0.1) is 18.2 Å². The molecule has 1 saturated heterocycles. The number of amides is 1. The molecule has 4 nitrogen and oxygen atoms in total. The van der Waals surface area contributed by atoms with E-state index in [9.17, 15) is 4.79 Å². The van der Waals surface area contributed by atoms with Gasteiger partial charge in [0.15, 0.2) is 0 Å². The fraction of sp³-hybridized carbons (Fsp3) is 0.333. The first-order valence-corrected chi connectivity index (χ1v) is 5.20. The van der Waals surface area contributed by atoms with Gasteiger partial charge in [-0.3, -0.25) is 0 Å². The van der Waals surface area contributed by atoms with Crippen LogP contribution in [0.25, 0.3) is 0 Å². The summed E-state index contributed by atoms with van der Waals surface area (Å²) < 4.78 is 4.94. The summed E-state index contributed by atoms with van der Waals surface area (Å²) in [5, 5.41) is 8.66. The second kappa shape index (κ2) is 4.67. The van der Waals surface area contributed by atoms with Crippen molar-refractivity contribution in [3.63, 3.8) is 0 Å². The monoisotopic (exact) mass is 216 g/mol. The van der Waals surface area contributed by atoms with Gasteiger partial charge >= 0.3 is 6.09 Å². The number of carbonyl (C=O) groups excluding carboxylic acids is 1. The largest absolute Gasteiger partial charge is 0.449 e. The fourth-order valence-electron chi connectivity index (χ4n) is 1.65. The molecule has 0 bridgehead atoms. The van der Waals surface area contributed by atoms with E-state index in [1.807, 2.05) is 12.1 Å². The molecule has 0 N–H and O–H groups in total. The van der Waals surface area contributed by atoms with Crippen LogP contribution in [0.5, 0.6) is 0 Å². The predicted octanol–water partition coefficient (Wildman–Crippen LogP) is 1.90. The Balaban J connectivity index is 2.03. The number of ether oxygens (including phenoxy) is 1. The van der Waals surface area contributed by atoms with E-state index in [0.717, 1.165) is 18.5 Å². The van der Waals surface area contributed by atoms with Crippen LogP contribution in [0, 0.1) is 11.3 Å². The van der Waals surface area contributed by atoms with E-state index >= 15 is 0 Å². The first-order chi connectivity index (χ1) is 7.79. The molecule has 0 aliphatic carbocycles. The zero-order valence-electron chi connectivity index (χ0n) is 8.85. The van der Waals surface area contributed by atoms with Crippen LogP contribution in [0.4, 0.5) is 4.79 Å². The van der Waals surface area contributed by atoms with Crippen molar-refractivity contribution in [1.29, 1.82) is 5.26 Å². The predicted molar refractivity (Wildman–Crippen MR) is 57.5 cm³/mol. The van der Waals surface area contributed by atoms with Crippen LogP contribution in [-0.2, 0) is 11.3 Å². The Bertz CT molecular complexity index is 420. The average molecular weight is 216 g/mol. The zero-order valence-corrected chi connectivity index (χ0v) is 8.85. The molecule has 1 aliphatic rings. The topological polar surface area (TPSA) is 53.3 Å². The maximum absolute atomic E-state index is 11.4. The molecule has 16 heavy (non-hydrogen) atoms. The Morgan fingerprint density at radius 2 is 2.12 bits per heavy atom. The first kappa shape index (κ1) is 10.5. The van der Waals surface area contributed by atoms with Gasteiger partial charge in [0.1, 0.15) is 0 Å². The SMILES string of the molecule is N#Cc1ccc(CN2CCCOC2=O)cc1. The Hall–Kier alpha value is -2.02. The number of hydrogen-bond donors (Lipinski definition) is 0. The van der Waals surface area contributed by atoms with Crippen molar-refractivity contribution in [2.24, 2.45) is 0 Å². The van der Waals surface area contributed by atoms with E-state index in [1.165, 1.54) is 0 Å². The molecule has 0 unspecified atom stereocenters. The van der Waals surface area contributed by atoms with E-state index in [1.54, 1.807) is 17.0 Å². The third kappa shape index (κ3) is 2.31. The fourth-order valence-corrected chi connectivity index (χ4v) is 1.65. The highest BCUT2D eigenvalue weighted by molar-refractivity contribution is 5.68. The van der Waals surface area contributed by atoms with E-state index in [0.29, 0.717) is 18.7 Å². The second-order valence-corrected chi connectivity index (χ2v) is 3.70. The molecular weight excluding hydrogens is 204 g/mol. The smallest absolute Gasteiger partial charge is 0.410 e. The molecule has 0 spiro atoms. The number of benzene rings is 1. The van der Waals surface area contributed by atoms with Gasteiger partial charge in [-0.2, -0.15) is 5.26 Å². The second-order valence-electron chi connectivity index (χ2n) is 3.70. The van der Waals surface area contributed by atoms with Crippen LogP contribution in [0.1, 0.15) is 17.5 Å². The van der Waals surface area contributed by atoms with Crippen molar-refractivity contribution < 1.29 is 9.53 Å². The molecule has 82 valence electrons. The summed E-state index contributed by atoms with van der Waals surface area (Å²) in [6.07, 6.45) is 0.623. The molecule has 4 heteroatoms. The molecule has 1 fully saturated rings. The van der Waals surface area contributed by atoms with Gasteiger partial charge < -0.3 is 9.64 Å². The van der Waals surface area contributed by atoms with Gasteiger partial charge in [0, 0.05) is 13.1 Å². The summed E-state index contributed by atoms with van der Waals surface area (Å²) in [6.45, 7) is 1.80. The minimum absolute atomic E-state index is 0.254. The molecule has 2 rings (SSSR count). The molecule has 1 aromatic carbocycles. The summed E-state index contributed by atoms with van der Waals surface area (Å²) in [6, 6.07) is 9.29. The highest BCUT2D eigenvalue weighted by atomic mass is 16.6. The van der Waals surface area contributed by atoms with Gasteiger partial charge in [-0.05, 0) is 24.1 Å². The summed E-state index contributed by atoms with van der Waals surface area (Å²) in [4.78, 5) is 13.0. The van der Waals surface area contributed by atoms with Crippen molar-refractivity contribution in [2.45, 2.75) is 13.0 Å². The van der Waals surface area contributed by atoms with E-state index in [-0.39, 0.29) is 6.09 Å². The lowest BCUT2D eigenvalue weighted by atomic mass is 10.1. The minimum atomic E-state index is -0.254. The third-order valence-corrected chi connectivity index (χ3v) is 2.51. The molecule has 1 heterocycles. The molecule has 0 saturated carbocycles. The Labute approximate surface area is 94.0 Å². The van der Waals surface area contributed by atoms with Crippen LogP contribution < -0.4 is 0 Å². The quantitative estimate of drug-likeness (QED) is 0.758. The van der Waals surface area contributed by atoms with Crippen molar-refractivity contribution in [3.8, 4) is 6.07 Å². The molecule has 1 aliphatic heterocycles. The first-order valence-electron chi connectivity index (χ1n) is 5.20. The minimum Gasteiger partial charge on any atom is -0.449 e. The number of nitrogens with zero attached hydrogens (tertiary/aromatic N) is 2. The molecule has 0 atom stereocenters. The van der Waals surface area contributed by atoms with Gasteiger partial charge in [-0.15, -0.1) is 0 Å². The van der Waals surface area contributed by atoms with E-state index < -0.39 is 0 Å². The van der Waals surface area contributed by atoms with Crippen molar-refractivity contribution in [3.05, 3.63) is 35.4 Å². The lowest BCUT2D eigenvalue weighted by Gasteiger charge is -2.26. The van der Waals surface area contributed by atoms with Crippen LogP contribution in [0.2, 0.25) is 0 Å². The average Bonchev–Trinajstić information content (AvgIpc) is 2.33. The molecular formula is C12H12N2O2. The lowest BCUT2D eigenvalue weighted by Crippen LogP contribution is -2.37. The maximum atomic E-state index is 11.4. The molecule has 1 aromatic rings. The molecule has 1 amide bonds. The Kier molecular flexibility index (Phi) is 3.06. The maximum Gasteiger partial charge on any atom is 0.410 e. The van der Waals surface area contributed by atoms with Gasteiger partial charge in [0.2, 0.25) is 0 Å².